The Bertz CT molecular complexity index is 97.5. The third-order valence-corrected chi connectivity index (χ3v) is 1.32. The van der Waals surface area contributed by atoms with Crippen molar-refractivity contribution in [2.75, 3.05) is 20.8 Å². The van der Waals surface area contributed by atoms with Gasteiger partial charge >= 0.3 is 0 Å². The fraction of sp³-hybridized carbons (Fsp3) is 0.750. The van der Waals surface area contributed by atoms with Crippen LogP contribution in [0.1, 0.15) is 12.8 Å². The van der Waals surface area contributed by atoms with E-state index in [0.29, 0.717) is 6.42 Å². The Kier molecular flexibility index (Phi) is 7.46. The lowest BCUT2D eigenvalue weighted by Crippen LogP contribution is -2.10. The minimum absolute atomic E-state index is 0.162. The molecular weight excluding hydrogens is 144 g/mol. The molecule has 0 aromatic heterocycles. The van der Waals surface area contributed by atoms with Gasteiger partial charge in [0.1, 0.15) is 0 Å². The number of aliphatic hydroxyl groups is 1. The van der Waals surface area contributed by atoms with E-state index in [2.05, 4.69) is 0 Å². The Labute approximate surface area is 67.6 Å². The number of hydrogen-bond donors (Lipinski definition) is 1. The molecule has 0 aliphatic rings. The number of ether oxygens (including phenoxy) is 2. The standard InChI is InChI=1S/C8H16O3/c1-10-8(11-2)6-4-3-5-7-9/h3-4,8-9H,5-7H2,1-2H3/b4-3-. The number of aliphatic hydroxyl groups excluding tert-OH is 1. The Morgan fingerprint density at radius 3 is 2.36 bits per heavy atom. The molecule has 0 unspecified atom stereocenters. The molecule has 0 aromatic carbocycles. The van der Waals surface area contributed by atoms with Crippen LogP contribution in [-0.4, -0.2) is 32.2 Å². The molecule has 0 rings (SSSR count). The molecule has 0 aliphatic heterocycles. The van der Waals surface area contributed by atoms with Gasteiger partial charge in [-0.1, -0.05) is 12.2 Å². The minimum atomic E-state index is -0.162. The highest BCUT2D eigenvalue weighted by Gasteiger charge is 1.99. The van der Waals surface area contributed by atoms with Crippen LogP contribution in [-0.2, 0) is 9.47 Å². The second kappa shape index (κ2) is 7.72. The Balaban J connectivity index is 3.33. The van der Waals surface area contributed by atoms with Crippen molar-refractivity contribution in [2.45, 2.75) is 19.1 Å². The lowest BCUT2D eigenvalue weighted by atomic mass is 10.3. The van der Waals surface area contributed by atoms with Crippen LogP contribution in [0.4, 0.5) is 0 Å². The highest BCUT2D eigenvalue weighted by atomic mass is 16.7. The van der Waals surface area contributed by atoms with Crippen molar-refractivity contribution in [3.05, 3.63) is 12.2 Å². The van der Waals surface area contributed by atoms with Crippen molar-refractivity contribution >= 4 is 0 Å². The first kappa shape index (κ1) is 10.6. The molecule has 0 saturated heterocycles. The van der Waals surface area contributed by atoms with E-state index in [1.807, 2.05) is 12.2 Å². The Hall–Kier alpha value is -0.380. The predicted octanol–water partition coefficient (Wildman–Crippen LogP) is 0.934. The number of hydrogen-bond acceptors (Lipinski definition) is 3. The summed E-state index contributed by atoms with van der Waals surface area (Å²) in [5.41, 5.74) is 0. The SMILES string of the molecule is COC(C/C=C\CCO)OC. The first-order chi connectivity index (χ1) is 5.35. The maximum atomic E-state index is 8.43. The van der Waals surface area contributed by atoms with E-state index in [0.717, 1.165) is 6.42 Å². The molecule has 0 atom stereocenters. The summed E-state index contributed by atoms with van der Waals surface area (Å²) in [7, 11) is 3.21. The topological polar surface area (TPSA) is 38.7 Å². The van der Waals surface area contributed by atoms with Gasteiger partial charge in [0.25, 0.3) is 0 Å². The summed E-state index contributed by atoms with van der Waals surface area (Å²) in [6, 6.07) is 0. The summed E-state index contributed by atoms with van der Waals surface area (Å²) in [5, 5.41) is 8.43. The van der Waals surface area contributed by atoms with Gasteiger partial charge < -0.3 is 14.6 Å². The molecule has 3 nitrogen and oxygen atoms in total. The molecule has 0 bridgehead atoms. The Morgan fingerprint density at radius 1 is 1.27 bits per heavy atom. The van der Waals surface area contributed by atoms with Gasteiger partial charge in [0.05, 0.1) is 0 Å². The van der Waals surface area contributed by atoms with E-state index in [4.69, 9.17) is 14.6 Å². The van der Waals surface area contributed by atoms with Gasteiger partial charge in [-0.3, -0.25) is 0 Å². The highest BCUT2D eigenvalue weighted by molar-refractivity contribution is 4.82. The van der Waals surface area contributed by atoms with Crippen LogP contribution in [0.2, 0.25) is 0 Å². The summed E-state index contributed by atoms with van der Waals surface area (Å²) in [5.74, 6) is 0. The van der Waals surface area contributed by atoms with E-state index in [-0.39, 0.29) is 12.9 Å². The summed E-state index contributed by atoms with van der Waals surface area (Å²) in [6.45, 7) is 0.196. The predicted molar refractivity (Wildman–Crippen MR) is 43.3 cm³/mol. The monoisotopic (exact) mass is 160 g/mol. The van der Waals surface area contributed by atoms with Crippen molar-refractivity contribution in [2.24, 2.45) is 0 Å². The first-order valence-corrected chi connectivity index (χ1v) is 3.66. The fourth-order valence-corrected chi connectivity index (χ4v) is 0.688. The molecule has 1 N–H and O–H groups in total. The van der Waals surface area contributed by atoms with E-state index in [9.17, 15) is 0 Å². The molecule has 3 heteroatoms. The van der Waals surface area contributed by atoms with Crippen molar-refractivity contribution in [1.82, 2.24) is 0 Å². The first-order valence-electron chi connectivity index (χ1n) is 3.66. The van der Waals surface area contributed by atoms with Crippen molar-refractivity contribution in [1.29, 1.82) is 0 Å². The van der Waals surface area contributed by atoms with Crippen LogP contribution >= 0.6 is 0 Å². The van der Waals surface area contributed by atoms with Crippen LogP contribution in [0.5, 0.6) is 0 Å². The summed E-state index contributed by atoms with van der Waals surface area (Å²) in [6.07, 6.45) is 5.11. The third kappa shape index (κ3) is 6.04. The smallest absolute Gasteiger partial charge is 0.160 e. The lowest BCUT2D eigenvalue weighted by Gasteiger charge is -2.09. The Morgan fingerprint density at radius 2 is 1.91 bits per heavy atom. The van der Waals surface area contributed by atoms with Gasteiger partial charge in [-0.15, -0.1) is 0 Å². The van der Waals surface area contributed by atoms with Crippen LogP contribution in [0.3, 0.4) is 0 Å². The molecular formula is C8H16O3. The maximum absolute atomic E-state index is 8.43. The minimum Gasteiger partial charge on any atom is -0.396 e. The van der Waals surface area contributed by atoms with Crippen LogP contribution < -0.4 is 0 Å². The molecule has 66 valence electrons. The van der Waals surface area contributed by atoms with E-state index in [1.165, 1.54) is 0 Å². The molecule has 0 spiro atoms. The second-order valence-corrected chi connectivity index (χ2v) is 2.12. The molecule has 0 amide bonds. The summed E-state index contributed by atoms with van der Waals surface area (Å²) in [4.78, 5) is 0. The average Bonchev–Trinajstić information content (AvgIpc) is 2.05. The highest BCUT2D eigenvalue weighted by Crippen LogP contribution is 1.98. The zero-order valence-electron chi connectivity index (χ0n) is 7.12. The van der Waals surface area contributed by atoms with Crippen LogP contribution in [0.25, 0.3) is 0 Å². The number of rotatable bonds is 6. The quantitative estimate of drug-likeness (QED) is 0.464. The number of methoxy groups -OCH3 is 2. The van der Waals surface area contributed by atoms with Crippen LogP contribution in [0, 0.1) is 0 Å². The van der Waals surface area contributed by atoms with Gasteiger partial charge in [0.2, 0.25) is 0 Å². The van der Waals surface area contributed by atoms with Gasteiger partial charge in [-0.2, -0.15) is 0 Å². The van der Waals surface area contributed by atoms with Crippen molar-refractivity contribution in [3.63, 3.8) is 0 Å². The van der Waals surface area contributed by atoms with E-state index < -0.39 is 0 Å². The molecule has 0 fully saturated rings. The lowest BCUT2D eigenvalue weighted by molar-refractivity contribution is -0.0986. The summed E-state index contributed by atoms with van der Waals surface area (Å²) >= 11 is 0. The second-order valence-electron chi connectivity index (χ2n) is 2.12. The third-order valence-electron chi connectivity index (χ3n) is 1.32. The van der Waals surface area contributed by atoms with Gasteiger partial charge in [0, 0.05) is 27.2 Å². The maximum Gasteiger partial charge on any atom is 0.160 e. The molecule has 0 radical (unpaired) electrons. The molecule has 0 aliphatic carbocycles. The largest absolute Gasteiger partial charge is 0.396 e. The molecule has 0 saturated carbocycles. The van der Waals surface area contributed by atoms with E-state index >= 15 is 0 Å². The molecule has 11 heavy (non-hydrogen) atoms. The molecule has 0 aromatic rings. The average molecular weight is 160 g/mol. The zero-order valence-corrected chi connectivity index (χ0v) is 7.12. The van der Waals surface area contributed by atoms with Gasteiger partial charge in [0.15, 0.2) is 6.29 Å². The molecule has 0 heterocycles. The normalized spacial score (nSPS) is 11.6. The van der Waals surface area contributed by atoms with Crippen molar-refractivity contribution < 1.29 is 14.6 Å². The fourth-order valence-electron chi connectivity index (χ4n) is 0.688. The van der Waals surface area contributed by atoms with Gasteiger partial charge in [-0.25, -0.2) is 0 Å². The summed E-state index contributed by atoms with van der Waals surface area (Å²) < 4.78 is 9.89. The van der Waals surface area contributed by atoms with E-state index in [1.54, 1.807) is 14.2 Å². The van der Waals surface area contributed by atoms with Crippen LogP contribution in [0.15, 0.2) is 12.2 Å². The van der Waals surface area contributed by atoms with Gasteiger partial charge in [-0.05, 0) is 6.42 Å². The van der Waals surface area contributed by atoms with Crippen molar-refractivity contribution in [3.8, 4) is 0 Å². The zero-order chi connectivity index (χ0) is 8.53.